The van der Waals surface area contributed by atoms with Crippen molar-refractivity contribution in [1.82, 2.24) is 15.0 Å². The Morgan fingerprint density at radius 3 is 2.47 bits per heavy atom. The fourth-order valence-electron chi connectivity index (χ4n) is 4.38. The molecule has 0 radical (unpaired) electrons. The highest BCUT2D eigenvalue weighted by Crippen LogP contribution is 2.42. The predicted octanol–water partition coefficient (Wildman–Crippen LogP) is 4.70. The molecule has 0 bridgehead atoms. The van der Waals surface area contributed by atoms with Gasteiger partial charge in [-0.3, -0.25) is 19.9 Å². The Balaban J connectivity index is 1.94. The standard InChI is InChI=1S/C26H27Cl2N7O3/c1-13(2)21(32-17-12-31-26(34(3)4)33-24(17)38-5)19-20(29)25(37)35(18-10-16(28)11-30-23(18)36)22(19)14-6-8-15(27)9-7-14/h6-13,19,22,29H,1-5H3,(H,30,36). The smallest absolute Gasteiger partial charge is 0.273 e. The number of nitrogens with one attached hydrogen (secondary N) is 2. The topological polar surface area (TPSA) is 128 Å². The molecular weight excluding hydrogens is 529 g/mol. The number of carbonyl (C=O) groups is 1. The molecule has 1 aliphatic heterocycles. The quantitative estimate of drug-likeness (QED) is 0.406. The normalized spacial score (nSPS) is 17.9. The fraction of sp³-hybridized carbons (Fsp3) is 0.308. The molecule has 1 aromatic carbocycles. The zero-order chi connectivity index (χ0) is 27.7. The van der Waals surface area contributed by atoms with Crippen LogP contribution in [0.1, 0.15) is 25.5 Å². The number of hydrogen-bond donors (Lipinski definition) is 2. The van der Waals surface area contributed by atoms with Crippen molar-refractivity contribution in [1.29, 1.82) is 5.41 Å². The first-order valence-electron chi connectivity index (χ1n) is 11.8. The van der Waals surface area contributed by atoms with E-state index in [-0.39, 0.29) is 28.2 Å². The molecule has 3 heterocycles. The minimum absolute atomic E-state index is 0.0362. The second-order valence-corrected chi connectivity index (χ2v) is 10.1. The third-order valence-corrected chi connectivity index (χ3v) is 6.62. The molecule has 38 heavy (non-hydrogen) atoms. The van der Waals surface area contributed by atoms with Crippen LogP contribution in [0.5, 0.6) is 5.88 Å². The molecule has 2 unspecified atom stereocenters. The lowest BCUT2D eigenvalue weighted by Crippen LogP contribution is -2.35. The number of aliphatic imine (C=N–C) groups is 1. The molecule has 0 aliphatic carbocycles. The number of H-pyrrole nitrogens is 1. The largest absolute Gasteiger partial charge is 0.479 e. The third-order valence-electron chi connectivity index (χ3n) is 6.15. The van der Waals surface area contributed by atoms with Gasteiger partial charge in [0.1, 0.15) is 17.1 Å². The Labute approximate surface area is 229 Å². The van der Waals surface area contributed by atoms with Crippen LogP contribution in [-0.2, 0) is 4.79 Å². The van der Waals surface area contributed by atoms with Gasteiger partial charge in [-0.2, -0.15) is 4.98 Å². The van der Waals surface area contributed by atoms with Crippen molar-refractivity contribution in [2.75, 3.05) is 31.0 Å². The maximum absolute atomic E-state index is 13.6. The summed E-state index contributed by atoms with van der Waals surface area (Å²) in [5.41, 5.74) is 0.886. The highest BCUT2D eigenvalue weighted by molar-refractivity contribution is 6.49. The minimum atomic E-state index is -0.805. The average Bonchev–Trinajstić information content (AvgIpc) is 3.14. The molecule has 12 heteroatoms. The van der Waals surface area contributed by atoms with Gasteiger partial charge in [0, 0.05) is 31.0 Å². The van der Waals surface area contributed by atoms with E-state index < -0.39 is 23.4 Å². The SMILES string of the molecule is COc1nc(N(C)C)ncc1N=C(C(C)C)C1C(=N)C(=O)N(c2cc(Cl)c[nH]c2=O)C1c1ccc(Cl)cc1. The van der Waals surface area contributed by atoms with Crippen LogP contribution < -0.4 is 20.1 Å². The Bertz CT molecular complexity index is 1470. The number of halogens is 2. The number of pyridine rings is 1. The molecule has 0 saturated carbocycles. The molecule has 1 aliphatic rings. The van der Waals surface area contributed by atoms with Crippen LogP contribution in [0, 0.1) is 17.2 Å². The number of anilines is 2. The summed E-state index contributed by atoms with van der Waals surface area (Å²) in [7, 11) is 5.11. The third kappa shape index (κ3) is 5.14. The van der Waals surface area contributed by atoms with E-state index in [4.69, 9.17) is 38.3 Å². The van der Waals surface area contributed by atoms with Gasteiger partial charge in [-0.15, -0.1) is 0 Å². The molecule has 4 rings (SSSR count). The molecule has 198 valence electrons. The number of methoxy groups -OCH3 is 1. The summed E-state index contributed by atoms with van der Waals surface area (Å²) < 4.78 is 5.48. The van der Waals surface area contributed by atoms with Crippen LogP contribution in [0.25, 0.3) is 0 Å². The summed E-state index contributed by atoms with van der Waals surface area (Å²) in [6, 6.07) is 7.59. The van der Waals surface area contributed by atoms with Crippen LogP contribution in [0.3, 0.4) is 0 Å². The van der Waals surface area contributed by atoms with Crippen molar-refractivity contribution in [3.63, 3.8) is 0 Å². The summed E-state index contributed by atoms with van der Waals surface area (Å²) in [5.74, 6) is -0.925. The maximum atomic E-state index is 13.6. The molecule has 1 fully saturated rings. The van der Waals surface area contributed by atoms with E-state index in [0.29, 0.717) is 27.9 Å². The van der Waals surface area contributed by atoms with Gasteiger partial charge in [0.25, 0.3) is 11.5 Å². The number of amides is 1. The number of carbonyl (C=O) groups excluding carboxylic acids is 1. The predicted molar refractivity (Wildman–Crippen MR) is 150 cm³/mol. The number of ether oxygens (including phenoxy) is 1. The molecule has 10 nitrogen and oxygen atoms in total. The van der Waals surface area contributed by atoms with E-state index in [1.54, 1.807) is 35.4 Å². The van der Waals surface area contributed by atoms with Crippen LogP contribution in [0.15, 0.2) is 52.5 Å². The van der Waals surface area contributed by atoms with Crippen molar-refractivity contribution >= 4 is 57.9 Å². The molecule has 2 atom stereocenters. The van der Waals surface area contributed by atoms with Crippen molar-refractivity contribution in [2.45, 2.75) is 19.9 Å². The van der Waals surface area contributed by atoms with E-state index in [9.17, 15) is 9.59 Å². The first kappa shape index (κ1) is 27.3. The maximum Gasteiger partial charge on any atom is 0.273 e. The number of rotatable bonds is 7. The highest BCUT2D eigenvalue weighted by Gasteiger charge is 2.49. The molecule has 1 amide bonds. The number of nitrogens with zero attached hydrogens (tertiary/aromatic N) is 5. The molecule has 1 saturated heterocycles. The van der Waals surface area contributed by atoms with Gasteiger partial charge in [0.2, 0.25) is 11.8 Å². The van der Waals surface area contributed by atoms with Gasteiger partial charge in [-0.05, 0) is 29.7 Å². The second-order valence-electron chi connectivity index (χ2n) is 9.25. The van der Waals surface area contributed by atoms with Gasteiger partial charge in [-0.1, -0.05) is 49.2 Å². The molecular formula is C26H27Cl2N7O3. The van der Waals surface area contributed by atoms with Gasteiger partial charge < -0.3 is 14.6 Å². The van der Waals surface area contributed by atoms with Gasteiger partial charge in [-0.25, -0.2) is 9.98 Å². The molecule has 2 N–H and O–H groups in total. The van der Waals surface area contributed by atoms with E-state index >= 15 is 0 Å². The molecule has 3 aromatic rings. The van der Waals surface area contributed by atoms with Gasteiger partial charge in [0.15, 0.2) is 0 Å². The number of aromatic amines is 1. The van der Waals surface area contributed by atoms with Gasteiger partial charge in [0.05, 0.1) is 30.3 Å². The Morgan fingerprint density at radius 2 is 1.87 bits per heavy atom. The van der Waals surface area contributed by atoms with Crippen LogP contribution in [0.4, 0.5) is 17.3 Å². The summed E-state index contributed by atoms with van der Waals surface area (Å²) in [4.78, 5) is 45.7. The summed E-state index contributed by atoms with van der Waals surface area (Å²) in [5, 5.41) is 9.66. The summed E-state index contributed by atoms with van der Waals surface area (Å²) >= 11 is 12.3. The first-order chi connectivity index (χ1) is 18.0. The Morgan fingerprint density at radius 1 is 1.18 bits per heavy atom. The lowest BCUT2D eigenvalue weighted by Gasteiger charge is -2.29. The Hall–Kier alpha value is -3.76. The number of aromatic nitrogens is 3. The van der Waals surface area contributed by atoms with Crippen molar-refractivity contribution in [3.8, 4) is 5.88 Å². The summed E-state index contributed by atoms with van der Waals surface area (Å²) in [6.45, 7) is 3.85. The minimum Gasteiger partial charge on any atom is -0.479 e. The van der Waals surface area contributed by atoms with Gasteiger partial charge >= 0.3 is 0 Å². The first-order valence-corrected chi connectivity index (χ1v) is 12.5. The average molecular weight is 556 g/mol. The van der Waals surface area contributed by atoms with E-state index in [0.717, 1.165) is 0 Å². The molecule has 2 aromatic heterocycles. The number of hydrogen-bond acceptors (Lipinski definition) is 8. The number of benzene rings is 1. The van der Waals surface area contributed by atoms with E-state index in [2.05, 4.69) is 15.0 Å². The zero-order valence-corrected chi connectivity index (χ0v) is 23.0. The van der Waals surface area contributed by atoms with Crippen molar-refractivity contribution in [2.24, 2.45) is 16.8 Å². The monoisotopic (exact) mass is 555 g/mol. The van der Waals surface area contributed by atoms with Crippen LogP contribution in [0.2, 0.25) is 10.0 Å². The second kappa shape index (κ2) is 10.9. The van der Waals surface area contributed by atoms with Crippen LogP contribution >= 0.6 is 23.2 Å². The Kier molecular flexibility index (Phi) is 7.84. The highest BCUT2D eigenvalue weighted by atomic mass is 35.5. The van der Waals surface area contributed by atoms with E-state index in [1.807, 2.05) is 27.9 Å². The van der Waals surface area contributed by atoms with E-state index in [1.165, 1.54) is 24.3 Å². The summed E-state index contributed by atoms with van der Waals surface area (Å²) in [6.07, 6.45) is 2.89. The van der Waals surface area contributed by atoms with Crippen molar-refractivity contribution < 1.29 is 9.53 Å². The fourth-order valence-corrected chi connectivity index (χ4v) is 4.67. The lowest BCUT2D eigenvalue weighted by molar-refractivity contribution is -0.112. The molecule has 0 spiro atoms. The van der Waals surface area contributed by atoms with Crippen LogP contribution in [-0.4, -0.2) is 53.5 Å². The zero-order valence-electron chi connectivity index (χ0n) is 21.5. The van der Waals surface area contributed by atoms with Crippen molar-refractivity contribution in [3.05, 3.63) is 68.7 Å². The lowest BCUT2D eigenvalue weighted by atomic mass is 9.83.